The minimum absolute atomic E-state index is 0.328. The third-order valence-electron chi connectivity index (χ3n) is 2.31. The van der Waals surface area contributed by atoms with Crippen LogP contribution in [0.5, 0.6) is 0 Å². The average Bonchev–Trinajstić information content (AvgIpc) is 2.28. The summed E-state index contributed by atoms with van der Waals surface area (Å²) in [5.41, 5.74) is 6.42. The molecule has 1 aromatic rings. The molecule has 0 radical (unpaired) electrons. The smallest absolute Gasteiger partial charge is 0.251 e. The summed E-state index contributed by atoms with van der Waals surface area (Å²) in [5, 5.41) is 3.11. The van der Waals surface area contributed by atoms with Crippen molar-refractivity contribution < 1.29 is 9.59 Å². The fourth-order valence-electron chi connectivity index (χ4n) is 1.41. The van der Waals surface area contributed by atoms with E-state index >= 15 is 0 Å². The highest BCUT2D eigenvalue weighted by Gasteiger charge is 2.18. The van der Waals surface area contributed by atoms with E-state index in [0.717, 1.165) is 5.57 Å². The zero-order valence-electron chi connectivity index (χ0n) is 10.1. The Morgan fingerprint density at radius 2 is 1.94 bits per heavy atom. The minimum Gasteiger partial charge on any atom is -0.368 e. The van der Waals surface area contributed by atoms with Gasteiger partial charge in [-0.2, -0.15) is 0 Å². The highest BCUT2D eigenvalue weighted by Crippen LogP contribution is 2.10. The molecule has 0 heterocycles. The third kappa shape index (κ3) is 4.22. The zero-order chi connectivity index (χ0) is 13.7. The molecule has 0 saturated carbocycles. The Hall–Kier alpha value is -1.81. The number of amides is 2. The molecule has 0 aliphatic rings. The van der Waals surface area contributed by atoms with Crippen LogP contribution >= 0.6 is 11.6 Å². The predicted molar refractivity (Wildman–Crippen MR) is 71.3 cm³/mol. The topological polar surface area (TPSA) is 72.2 Å². The SMILES string of the molecule is C=C(C)C[C@@H](NC(=O)c1ccc(Cl)cc1)C(N)=O. The Morgan fingerprint density at radius 1 is 1.39 bits per heavy atom. The standard InChI is InChI=1S/C13H15ClN2O2/c1-8(2)7-11(12(15)17)16-13(18)9-3-5-10(14)6-4-9/h3-6,11H,1,7H2,2H3,(H2,15,17)(H,16,18)/t11-/m1/s1. The van der Waals surface area contributed by atoms with Crippen LogP contribution < -0.4 is 11.1 Å². The van der Waals surface area contributed by atoms with Gasteiger partial charge in [0, 0.05) is 10.6 Å². The van der Waals surface area contributed by atoms with Gasteiger partial charge in [-0.05, 0) is 37.6 Å². The molecule has 0 fully saturated rings. The van der Waals surface area contributed by atoms with Gasteiger partial charge in [0.25, 0.3) is 5.91 Å². The molecule has 0 aliphatic heterocycles. The Morgan fingerprint density at radius 3 is 2.39 bits per heavy atom. The maximum absolute atomic E-state index is 11.9. The van der Waals surface area contributed by atoms with Gasteiger partial charge in [-0.15, -0.1) is 6.58 Å². The van der Waals surface area contributed by atoms with Crippen molar-refractivity contribution in [2.75, 3.05) is 0 Å². The lowest BCUT2D eigenvalue weighted by Crippen LogP contribution is -2.44. The van der Waals surface area contributed by atoms with Gasteiger partial charge >= 0.3 is 0 Å². The van der Waals surface area contributed by atoms with E-state index in [1.807, 2.05) is 0 Å². The van der Waals surface area contributed by atoms with E-state index in [1.165, 1.54) is 0 Å². The van der Waals surface area contributed by atoms with E-state index in [0.29, 0.717) is 17.0 Å². The van der Waals surface area contributed by atoms with Gasteiger partial charge in [-0.1, -0.05) is 17.2 Å². The Labute approximate surface area is 111 Å². The van der Waals surface area contributed by atoms with Gasteiger partial charge in [0.05, 0.1) is 0 Å². The van der Waals surface area contributed by atoms with Crippen molar-refractivity contribution in [1.82, 2.24) is 5.32 Å². The summed E-state index contributed by atoms with van der Waals surface area (Å²) in [6, 6.07) is 5.63. The highest BCUT2D eigenvalue weighted by atomic mass is 35.5. The maximum atomic E-state index is 11.9. The molecular formula is C13H15ClN2O2. The van der Waals surface area contributed by atoms with Crippen LogP contribution in [0.1, 0.15) is 23.7 Å². The van der Waals surface area contributed by atoms with Gasteiger partial charge in [-0.3, -0.25) is 9.59 Å². The van der Waals surface area contributed by atoms with E-state index in [1.54, 1.807) is 31.2 Å². The average molecular weight is 267 g/mol. The molecule has 0 aromatic heterocycles. The quantitative estimate of drug-likeness (QED) is 0.799. The molecule has 1 atom stereocenters. The van der Waals surface area contributed by atoms with Gasteiger partial charge in [0.1, 0.15) is 6.04 Å². The molecular weight excluding hydrogens is 252 g/mol. The monoisotopic (exact) mass is 266 g/mol. The van der Waals surface area contributed by atoms with Crippen LogP contribution in [0, 0.1) is 0 Å². The molecule has 96 valence electrons. The second-order valence-electron chi connectivity index (χ2n) is 4.10. The van der Waals surface area contributed by atoms with E-state index in [4.69, 9.17) is 17.3 Å². The van der Waals surface area contributed by atoms with Crippen molar-refractivity contribution in [3.05, 3.63) is 47.0 Å². The Bertz CT molecular complexity index is 468. The van der Waals surface area contributed by atoms with Gasteiger partial charge < -0.3 is 11.1 Å². The van der Waals surface area contributed by atoms with Crippen molar-refractivity contribution in [2.45, 2.75) is 19.4 Å². The summed E-state index contributed by atoms with van der Waals surface area (Å²) in [4.78, 5) is 23.1. The van der Waals surface area contributed by atoms with Crippen LogP contribution in [0.25, 0.3) is 0 Å². The number of halogens is 1. The lowest BCUT2D eigenvalue weighted by Gasteiger charge is -2.15. The molecule has 2 amide bonds. The number of rotatable bonds is 5. The molecule has 4 nitrogen and oxygen atoms in total. The molecule has 0 saturated heterocycles. The molecule has 0 unspecified atom stereocenters. The number of hydrogen-bond donors (Lipinski definition) is 2. The minimum atomic E-state index is -0.745. The van der Waals surface area contributed by atoms with E-state index < -0.39 is 11.9 Å². The number of primary amides is 1. The normalized spacial score (nSPS) is 11.7. The number of nitrogens with two attached hydrogens (primary N) is 1. The van der Waals surface area contributed by atoms with Crippen molar-refractivity contribution in [3.63, 3.8) is 0 Å². The maximum Gasteiger partial charge on any atom is 0.251 e. The Balaban J connectivity index is 2.75. The summed E-state index contributed by atoms with van der Waals surface area (Å²) < 4.78 is 0. The molecule has 3 N–H and O–H groups in total. The van der Waals surface area contributed by atoms with Crippen LogP contribution in [-0.2, 0) is 4.79 Å². The van der Waals surface area contributed by atoms with Crippen LogP contribution in [0.15, 0.2) is 36.4 Å². The molecule has 18 heavy (non-hydrogen) atoms. The van der Waals surface area contributed by atoms with Crippen LogP contribution in [0.2, 0.25) is 5.02 Å². The van der Waals surface area contributed by atoms with Crippen LogP contribution in [0.4, 0.5) is 0 Å². The first-order valence-electron chi connectivity index (χ1n) is 5.40. The van der Waals surface area contributed by atoms with Gasteiger partial charge in [-0.25, -0.2) is 0 Å². The van der Waals surface area contributed by atoms with E-state index in [2.05, 4.69) is 11.9 Å². The summed E-state index contributed by atoms with van der Waals surface area (Å²) in [7, 11) is 0. The Kier molecular flexibility index (Phi) is 4.92. The van der Waals surface area contributed by atoms with Gasteiger partial charge in [0.2, 0.25) is 5.91 Å². The number of benzene rings is 1. The summed E-state index contributed by atoms with van der Waals surface area (Å²) >= 11 is 5.72. The third-order valence-corrected chi connectivity index (χ3v) is 2.56. The summed E-state index contributed by atoms with van der Waals surface area (Å²) in [6.45, 7) is 5.46. The van der Waals surface area contributed by atoms with Crippen LogP contribution in [-0.4, -0.2) is 17.9 Å². The molecule has 1 rings (SSSR count). The largest absolute Gasteiger partial charge is 0.368 e. The molecule has 5 heteroatoms. The van der Waals surface area contributed by atoms with Crippen molar-refractivity contribution >= 4 is 23.4 Å². The molecule has 0 aliphatic carbocycles. The fraction of sp³-hybridized carbons (Fsp3) is 0.231. The van der Waals surface area contributed by atoms with E-state index in [-0.39, 0.29) is 5.91 Å². The number of carbonyl (C=O) groups is 2. The first kappa shape index (κ1) is 14.3. The fourth-order valence-corrected chi connectivity index (χ4v) is 1.54. The van der Waals surface area contributed by atoms with Crippen molar-refractivity contribution in [3.8, 4) is 0 Å². The lowest BCUT2D eigenvalue weighted by atomic mass is 10.1. The predicted octanol–water partition coefficient (Wildman–Crippen LogP) is 1.89. The first-order valence-corrected chi connectivity index (χ1v) is 5.78. The number of carbonyl (C=O) groups excluding carboxylic acids is 2. The first-order chi connectivity index (χ1) is 8.40. The van der Waals surface area contributed by atoms with E-state index in [9.17, 15) is 9.59 Å². The zero-order valence-corrected chi connectivity index (χ0v) is 10.8. The summed E-state index contributed by atoms with van der Waals surface area (Å²) in [6.07, 6.45) is 0.328. The second-order valence-corrected chi connectivity index (χ2v) is 4.53. The molecule has 0 bridgehead atoms. The molecule has 0 spiro atoms. The number of hydrogen-bond acceptors (Lipinski definition) is 2. The van der Waals surface area contributed by atoms with Crippen LogP contribution in [0.3, 0.4) is 0 Å². The second kappa shape index (κ2) is 6.21. The molecule has 1 aromatic carbocycles. The lowest BCUT2D eigenvalue weighted by molar-refractivity contribution is -0.119. The van der Waals surface area contributed by atoms with Gasteiger partial charge in [0.15, 0.2) is 0 Å². The van der Waals surface area contributed by atoms with Crippen molar-refractivity contribution in [2.24, 2.45) is 5.73 Å². The summed E-state index contributed by atoms with van der Waals surface area (Å²) in [5.74, 6) is -0.947. The number of nitrogens with one attached hydrogen (secondary N) is 1. The highest BCUT2D eigenvalue weighted by molar-refractivity contribution is 6.30. The van der Waals surface area contributed by atoms with Crippen molar-refractivity contribution in [1.29, 1.82) is 0 Å².